The fourth-order valence-electron chi connectivity index (χ4n) is 3.56. The molecule has 0 aromatic rings. The van der Waals surface area contributed by atoms with Crippen molar-refractivity contribution in [2.45, 2.75) is 97.1 Å². The zero-order chi connectivity index (χ0) is 22.3. The van der Waals surface area contributed by atoms with E-state index in [2.05, 4.69) is 40.4 Å². The van der Waals surface area contributed by atoms with Gasteiger partial charge in [-0.15, -0.1) is 0 Å². The van der Waals surface area contributed by atoms with Gasteiger partial charge in [-0.2, -0.15) is 0 Å². The summed E-state index contributed by atoms with van der Waals surface area (Å²) < 4.78 is 37.6. The van der Waals surface area contributed by atoms with E-state index >= 15 is 0 Å². The average molecular weight is 481 g/mol. The van der Waals surface area contributed by atoms with Crippen LogP contribution in [0.4, 0.5) is 0 Å². The van der Waals surface area contributed by atoms with Crippen LogP contribution < -0.4 is 0 Å². The summed E-state index contributed by atoms with van der Waals surface area (Å²) in [7, 11) is -7.07. The normalized spacial score (nSPS) is 29.4. The first-order valence-electron chi connectivity index (χ1n) is 12.1. The Bertz CT molecular complexity index is 373. The zero-order valence-corrected chi connectivity index (χ0v) is 23.6. The SMILES string of the molecule is CCCCOCC[Si]1(C)O[Si](C)(CCOCCCC)O[Si](C)(CCOCCCC)O1. The molecule has 9 heteroatoms. The molecule has 0 aromatic heterocycles. The second kappa shape index (κ2) is 15.3. The van der Waals surface area contributed by atoms with Gasteiger partial charge in [-0.05, 0) is 38.9 Å². The van der Waals surface area contributed by atoms with Gasteiger partial charge in [-0.1, -0.05) is 40.0 Å². The molecule has 1 aliphatic heterocycles. The van der Waals surface area contributed by atoms with Crippen LogP contribution in [0.2, 0.25) is 37.8 Å². The van der Waals surface area contributed by atoms with Gasteiger partial charge >= 0.3 is 25.7 Å². The largest absolute Gasteiger partial charge is 0.415 e. The first kappa shape index (κ1) is 28.4. The van der Waals surface area contributed by atoms with Gasteiger partial charge in [0.1, 0.15) is 0 Å². The molecule has 1 heterocycles. The van der Waals surface area contributed by atoms with Crippen molar-refractivity contribution in [2.75, 3.05) is 39.6 Å². The summed E-state index contributed by atoms with van der Waals surface area (Å²) in [4.78, 5) is 0. The van der Waals surface area contributed by atoms with Crippen molar-refractivity contribution in [1.29, 1.82) is 0 Å². The van der Waals surface area contributed by atoms with Gasteiger partial charge in [0.2, 0.25) is 0 Å². The van der Waals surface area contributed by atoms with Crippen molar-refractivity contribution in [1.82, 2.24) is 0 Å². The molecule has 0 unspecified atom stereocenters. The Labute approximate surface area is 189 Å². The molecule has 0 spiro atoms. The van der Waals surface area contributed by atoms with Crippen molar-refractivity contribution in [3.8, 4) is 0 Å². The Morgan fingerprint density at radius 3 is 0.967 bits per heavy atom. The van der Waals surface area contributed by atoms with Crippen molar-refractivity contribution in [3.05, 3.63) is 0 Å². The molecular weight excluding hydrogens is 432 g/mol. The lowest BCUT2D eigenvalue weighted by Gasteiger charge is -2.50. The highest BCUT2D eigenvalue weighted by Gasteiger charge is 2.56. The van der Waals surface area contributed by atoms with E-state index < -0.39 is 25.7 Å². The van der Waals surface area contributed by atoms with E-state index in [-0.39, 0.29) is 0 Å². The smallest absolute Gasteiger partial charge is 0.319 e. The van der Waals surface area contributed by atoms with E-state index in [4.69, 9.17) is 26.6 Å². The van der Waals surface area contributed by atoms with Crippen LogP contribution in [0.5, 0.6) is 0 Å². The molecule has 1 rings (SSSR count). The van der Waals surface area contributed by atoms with Crippen LogP contribution in [0.3, 0.4) is 0 Å². The van der Waals surface area contributed by atoms with Crippen molar-refractivity contribution in [2.24, 2.45) is 0 Å². The first-order valence-corrected chi connectivity index (χ1v) is 19.7. The molecule has 6 nitrogen and oxygen atoms in total. The number of unbranched alkanes of at least 4 members (excludes halogenated alkanes) is 3. The third-order valence-electron chi connectivity index (χ3n) is 5.32. The van der Waals surface area contributed by atoms with E-state index in [0.717, 1.165) is 76.5 Å². The monoisotopic (exact) mass is 480 g/mol. The van der Waals surface area contributed by atoms with Crippen LogP contribution in [-0.2, 0) is 26.6 Å². The second-order valence-corrected chi connectivity index (χ2v) is 19.6. The Morgan fingerprint density at radius 1 is 0.467 bits per heavy atom. The van der Waals surface area contributed by atoms with Gasteiger partial charge < -0.3 is 26.6 Å². The molecule has 0 amide bonds. The van der Waals surface area contributed by atoms with Gasteiger partial charge in [0, 0.05) is 57.8 Å². The van der Waals surface area contributed by atoms with Crippen LogP contribution in [-0.4, -0.2) is 65.3 Å². The van der Waals surface area contributed by atoms with Crippen LogP contribution in [0.1, 0.15) is 59.3 Å². The van der Waals surface area contributed by atoms with Gasteiger partial charge in [-0.25, -0.2) is 0 Å². The van der Waals surface area contributed by atoms with Crippen LogP contribution in [0.25, 0.3) is 0 Å². The van der Waals surface area contributed by atoms with Crippen LogP contribution in [0, 0.1) is 0 Å². The van der Waals surface area contributed by atoms with Crippen molar-refractivity contribution >= 4 is 25.7 Å². The highest BCUT2D eigenvalue weighted by molar-refractivity contribution is 6.93. The summed E-state index contributed by atoms with van der Waals surface area (Å²) in [6.45, 7) is 17.7. The van der Waals surface area contributed by atoms with Crippen LogP contribution >= 0.6 is 0 Å². The van der Waals surface area contributed by atoms with Gasteiger partial charge in [0.25, 0.3) is 0 Å². The van der Waals surface area contributed by atoms with E-state index in [9.17, 15) is 0 Å². The summed E-state index contributed by atoms with van der Waals surface area (Å²) in [5.74, 6) is 0. The lowest BCUT2D eigenvalue weighted by molar-refractivity contribution is 0.120. The van der Waals surface area contributed by atoms with E-state index in [1.54, 1.807) is 0 Å². The quantitative estimate of drug-likeness (QED) is 0.185. The fourth-order valence-corrected chi connectivity index (χ4v) is 20.1. The molecule has 30 heavy (non-hydrogen) atoms. The second-order valence-electron chi connectivity index (χ2n) is 8.86. The fraction of sp³-hybridized carbons (Fsp3) is 1.00. The van der Waals surface area contributed by atoms with Crippen molar-refractivity contribution < 1.29 is 26.6 Å². The predicted molar refractivity (Wildman–Crippen MR) is 130 cm³/mol. The highest BCUT2D eigenvalue weighted by Crippen LogP contribution is 2.36. The first-order chi connectivity index (χ1) is 14.3. The lowest BCUT2D eigenvalue weighted by Crippen LogP contribution is -2.68. The van der Waals surface area contributed by atoms with Gasteiger partial charge in [0.05, 0.1) is 0 Å². The van der Waals surface area contributed by atoms with Gasteiger partial charge in [-0.3, -0.25) is 0 Å². The van der Waals surface area contributed by atoms with Crippen LogP contribution in [0.15, 0.2) is 0 Å². The molecule has 0 atom stereocenters. The Kier molecular flexibility index (Phi) is 14.5. The number of hydrogen-bond acceptors (Lipinski definition) is 6. The van der Waals surface area contributed by atoms with Gasteiger partial charge in [0.15, 0.2) is 0 Å². The highest BCUT2D eigenvalue weighted by atomic mass is 28.5. The Hall–Kier alpha value is 0.411. The maximum absolute atomic E-state index is 6.68. The van der Waals surface area contributed by atoms with E-state index in [1.807, 2.05) is 0 Å². The minimum absolute atomic E-state index is 0.706. The Balaban J connectivity index is 2.69. The maximum atomic E-state index is 6.68. The minimum Gasteiger partial charge on any atom is -0.415 e. The number of hydrogen-bond donors (Lipinski definition) is 0. The number of rotatable bonds is 18. The zero-order valence-electron chi connectivity index (χ0n) is 20.6. The summed E-state index contributed by atoms with van der Waals surface area (Å²) in [6.07, 6.45) is 6.77. The minimum atomic E-state index is -2.36. The summed E-state index contributed by atoms with van der Waals surface area (Å²) in [5.41, 5.74) is 0. The lowest BCUT2D eigenvalue weighted by atomic mass is 10.4. The Morgan fingerprint density at radius 2 is 0.733 bits per heavy atom. The molecule has 0 saturated carbocycles. The maximum Gasteiger partial charge on any atom is 0.319 e. The molecular formula is C21H48O6Si3. The third kappa shape index (κ3) is 11.9. The third-order valence-corrected chi connectivity index (χ3v) is 19.0. The van der Waals surface area contributed by atoms with E-state index in [0.29, 0.717) is 19.8 Å². The standard InChI is InChI=1S/C21H48O6Si3/c1-7-10-13-22-16-19-28(4)25-29(5,20-17-23-14-11-8-2)27-30(6,26-28)21-18-24-15-12-9-3/h7-21H2,1-6H3. The molecule has 0 bridgehead atoms. The predicted octanol–water partition coefficient (Wildman–Crippen LogP) is 5.72. The van der Waals surface area contributed by atoms with Crippen molar-refractivity contribution in [3.63, 3.8) is 0 Å². The average Bonchev–Trinajstić information content (AvgIpc) is 2.66. The number of ether oxygens (including phenoxy) is 3. The molecule has 0 aromatic carbocycles. The van der Waals surface area contributed by atoms with E-state index in [1.165, 1.54) is 0 Å². The molecule has 180 valence electrons. The topological polar surface area (TPSA) is 55.4 Å². The summed E-state index contributed by atoms with van der Waals surface area (Å²) in [6, 6.07) is 2.58. The molecule has 0 aliphatic carbocycles. The molecule has 0 radical (unpaired) electrons. The molecule has 1 fully saturated rings. The molecule has 0 N–H and O–H groups in total. The summed E-state index contributed by atoms with van der Waals surface area (Å²) in [5, 5.41) is 0. The summed E-state index contributed by atoms with van der Waals surface area (Å²) >= 11 is 0. The molecule has 1 saturated heterocycles. The molecule has 1 aliphatic rings.